The van der Waals surface area contributed by atoms with Gasteiger partial charge in [0.15, 0.2) is 0 Å². The van der Waals surface area contributed by atoms with Crippen LogP contribution in [0.25, 0.3) is 0 Å². The van der Waals surface area contributed by atoms with Crippen molar-refractivity contribution in [2.24, 2.45) is 0 Å². The zero-order valence-electron chi connectivity index (χ0n) is 10.3. The van der Waals surface area contributed by atoms with E-state index in [1.807, 2.05) is 24.4 Å². The first-order valence-corrected chi connectivity index (χ1v) is 9.00. The molecular weight excluding hydrogens is 346 g/mol. The lowest BCUT2D eigenvalue weighted by Gasteiger charge is -2.15. The lowest BCUT2D eigenvalue weighted by atomic mass is 10.2. The molecule has 19 heavy (non-hydrogen) atoms. The smallest absolute Gasteiger partial charge is 0.207 e. The minimum Gasteiger partial charge on any atom is -0.207 e. The Kier molecular flexibility index (Phi) is 4.78. The Bertz CT molecular complexity index is 638. The summed E-state index contributed by atoms with van der Waals surface area (Å²) in [6, 6.07) is 10.4. The number of benzene rings is 1. The maximum Gasteiger partial charge on any atom is 0.241 e. The van der Waals surface area contributed by atoms with Crippen LogP contribution in [-0.4, -0.2) is 8.42 Å². The molecule has 0 bridgehead atoms. The second-order valence-corrected chi connectivity index (χ2v) is 7.66. The summed E-state index contributed by atoms with van der Waals surface area (Å²) in [5.74, 6) is 0. The molecule has 0 aliphatic heterocycles. The van der Waals surface area contributed by atoms with Crippen LogP contribution in [0.2, 0.25) is 0 Å². The van der Waals surface area contributed by atoms with Gasteiger partial charge in [-0.1, -0.05) is 35.0 Å². The highest BCUT2D eigenvalue weighted by atomic mass is 79.9. The Morgan fingerprint density at radius 3 is 2.68 bits per heavy atom. The minimum absolute atomic E-state index is 0.177. The lowest BCUT2D eigenvalue weighted by Crippen LogP contribution is -2.27. The van der Waals surface area contributed by atoms with E-state index in [4.69, 9.17) is 0 Å². The third kappa shape index (κ3) is 3.66. The van der Waals surface area contributed by atoms with Gasteiger partial charge in [-0.3, -0.25) is 0 Å². The maximum atomic E-state index is 12.3. The summed E-state index contributed by atoms with van der Waals surface area (Å²) in [4.78, 5) is 1.30. The van der Waals surface area contributed by atoms with E-state index in [9.17, 15) is 8.42 Å². The van der Waals surface area contributed by atoms with Crippen molar-refractivity contribution in [1.29, 1.82) is 0 Å². The van der Waals surface area contributed by atoms with Crippen molar-refractivity contribution in [3.05, 3.63) is 51.1 Å². The normalized spacial score (nSPS) is 13.4. The van der Waals surface area contributed by atoms with Crippen LogP contribution in [0.3, 0.4) is 0 Å². The molecule has 1 aromatic heterocycles. The quantitative estimate of drug-likeness (QED) is 0.878. The average Bonchev–Trinajstić information content (AvgIpc) is 2.90. The molecule has 0 amide bonds. The average molecular weight is 360 g/mol. The number of hydrogen-bond donors (Lipinski definition) is 1. The highest BCUT2D eigenvalue weighted by Gasteiger charge is 2.20. The molecule has 0 saturated heterocycles. The van der Waals surface area contributed by atoms with Crippen molar-refractivity contribution in [2.45, 2.75) is 24.3 Å². The third-order valence-electron chi connectivity index (χ3n) is 2.70. The zero-order valence-corrected chi connectivity index (χ0v) is 13.6. The van der Waals surface area contributed by atoms with Crippen LogP contribution < -0.4 is 4.72 Å². The Balaban J connectivity index is 2.26. The molecule has 0 radical (unpaired) electrons. The Hall–Kier alpha value is -0.690. The van der Waals surface area contributed by atoms with E-state index < -0.39 is 10.0 Å². The fraction of sp³-hybridized carbons (Fsp3) is 0.231. The fourth-order valence-electron chi connectivity index (χ4n) is 1.72. The SMILES string of the molecule is CCC(NS(=O)(=O)c1cccc(Br)c1)c1cccs1. The van der Waals surface area contributed by atoms with Crippen LogP contribution in [0, 0.1) is 0 Å². The minimum atomic E-state index is -3.49. The van der Waals surface area contributed by atoms with E-state index in [1.54, 1.807) is 35.6 Å². The van der Waals surface area contributed by atoms with Gasteiger partial charge in [0.25, 0.3) is 0 Å². The summed E-state index contributed by atoms with van der Waals surface area (Å²) in [5.41, 5.74) is 0. The van der Waals surface area contributed by atoms with Crippen LogP contribution in [-0.2, 0) is 10.0 Å². The number of thiophene rings is 1. The molecule has 0 spiro atoms. The van der Waals surface area contributed by atoms with Crippen LogP contribution in [0.4, 0.5) is 0 Å². The van der Waals surface area contributed by atoms with E-state index in [1.165, 1.54) is 0 Å². The van der Waals surface area contributed by atoms with Gasteiger partial charge in [0.05, 0.1) is 10.9 Å². The van der Waals surface area contributed by atoms with E-state index in [-0.39, 0.29) is 10.9 Å². The third-order valence-corrected chi connectivity index (χ3v) is 5.65. The second kappa shape index (κ2) is 6.17. The van der Waals surface area contributed by atoms with E-state index in [0.717, 1.165) is 9.35 Å². The summed E-state index contributed by atoms with van der Waals surface area (Å²) in [6.45, 7) is 1.97. The first kappa shape index (κ1) is 14.7. The summed E-state index contributed by atoms with van der Waals surface area (Å²) in [5, 5.41) is 1.95. The lowest BCUT2D eigenvalue weighted by molar-refractivity contribution is 0.553. The Morgan fingerprint density at radius 2 is 2.11 bits per heavy atom. The first-order chi connectivity index (χ1) is 9.03. The summed E-state index contributed by atoms with van der Waals surface area (Å²) < 4.78 is 28.1. The molecule has 0 saturated carbocycles. The predicted molar refractivity (Wildman–Crippen MR) is 81.8 cm³/mol. The number of nitrogens with one attached hydrogen (secondary N) is 1. The molecule has 1 aromatic carbocycles. The number of rotatable bonds is 5. The van der Waals surface area contributed by atoms with Gasteiger partial charge < -0.3 is 0 Å². The molecule has 102 valence electrons. The standard InChI is InChI=1S/C13H14BrNO2S2/c1-2-12(13-7-4-8-18-13)15-19(16,17)11-6-3-5-10(14)9-11/h3-9,12,15H,2H2,1H3. The van der Waals surface area contributed by atoms with Gasteiger partial charge in [-0.25, -0.2) is 13.1 Å². The van der Waals surface area contributed by atoms with Crippen molar-refractivity contribution < 1.29 is 8.42 Å². The monoisotopic (exact) mass is 359 g/mol. The van der Waals surface area contributed by atoms with Crippen LogP contribution in [0.1, 0.15) is 24.3 Å². The van der Waals surface area contributed by atoms with E-state index in [2.05, 4.69) is 20.7 Å². The summed E-state index contributed by atoms with van der Waals surface area (Å²) in [6.07, 6.45) is 0.716. The number of halogens is 1. The predicted octanol–water partition coefficient (Wildman–Crippen LogP) is 3.94. The maximum absolute atomic E-state index is 12.3. The molecule has 1 atom stereocenters. The Labute approximate surface area is 125 Å². The van der Waals surface area contributed by atoms with E-state index in [0.29, 0.717) is 6.42 Å². The number of hydrogen-bond acceptors (Lipinski definition) is 3. The van der Waals surface area contributed by atoms with E-state index >= 15 is 0 Å². The fourth-order valence-corrected chi connectivity index (χ4v) is 4.55. The van der Waals surface area contributed by atoms with Gasteiger partial charge in [-0.05, 0) is 36.1 Å². The van der Waals surface area contributed by atoms with Gasteiger partial charge in [0, 0.05) is 9.35 Å². The molecular formula is C13H14BrNO2S2. The molecule has 1 unspecified atom stereocenters. The van der Waals surface area contributed by atoms with Crippen molar-refractivity contribution >= 4 is 37.3 Å². The first-order valence-electron chi connectivity index (χ1n) is 5.84. The highest BCUT2D eigenvalue weighted by Crippen LogP contribution is 2.24. The molecule has 6 heteroatoms. The molecule has 1 heterocycles. The van der Waals surface area contributed by atoms with Crippen LogP contribution in [0.5, 0.6) is 0 Å². The van der Waals surface area contributed by atoms with Crippen LogP contribution >= 0.6 is 27.3 Å². The summed E-state index contributed by atoms with van der Waals surface area (Å²) >= 11 is 4.84. The van der Waals surface area contributed by atoms with Gasteiger partial charge in [0.2, 0.25) is 10.0 Å². The largest absolute Gasteiger partial charge is 0.241 e. The van der Waals surface area contributed by atoms with Gasteiger partial charge >= 0.3 is 0 Å². The van der Waals surface area contributed by atoms with Crippen molar-refractivity contribution in [3.63, 3.8) is 0 Å². The molecule has 3 nitrogen and oxygen atoms in total. The van der Waals surface area contributed by atoms with Gasteiger partial charge in [-0.2, -0.15) is 0 Å². The van der Waals surface area contributed by atoms with Crippen molar-refractivity contribution in [3.8, 4) is 0 Å². The topological polar surface area (TPSA) is 46.2 Å². The number of sulfonamides is 1. The molecule has 0 aliphatic carbocycles. The van der Waals surface area contributed by atoms with Crippen molar-refractivity contribution in [2.75, 3.05) is 0 Å². The van der Waals surface area contributed by atoms with Gasteiger partial charge in [0.1, 0.15) is 0 Å². The molecule has 1 N–H and O–H groups in total. The molecule has 0 aliphatic rings. The van der Waals surface area contributed by atoms with Crippen molar-refractivity contribution in [1.82, 2.24) is 4.72 Å². The zero-order chi connectivity index (χ0) is 13.9. The van der Waals surface area contributed by atoms with Crippen LogP contribution in [0.15, 0.2) is 51.1 Å². The second-order valence-electron chi connectivity index (χ2n) is 4.05. The summed E-state index contributed by atoms with van der Waals surface area (Å²) in [7, 11) is -3.49. The highest BCUT2D eigenvalue weighted by molar-refractivity contribution is 9.10. The molecule has 2 rings (SSSR count). The molecule has 0 fully saturated rings. The molecule has 2 aromatic rings. The Morgan fingerprint density at radius 1 is 1.32 bits per heavy atom. The van der Waals surface area contributed by atoms with Gasteiger partial charge in [-0.15, -0.1) is 11.3 Å².